The number of ketones is 1. The summed E-state index contributed by atoms with van der Waals surface area (Å²) in [6.45, 7) is 0. The second-order valence-electron chi connectivity index (χ2n) is 6.17. The van der Waals surface area contributed by atoms with Crippen LogP contribution in [-0.4, -0.2) is 5.78 Å². The van der Waals surface area contributed by atoms with E-state index in [9.17, 15) is 0 Å². The van der Waals surface area contributed by atoms with E-state index in [1.54, 1.807) is 0 Å². The normalized spacial score (nSPS) is 20.8. The molecular formula is C22H19O+. The number of allylic oxidation sites excluding steroid dienone is 2. The summed E-state index contributed by atoms with van der Waals surface area (Å²) in [5.74, 6) is 9.11. The van der Waals surface area contributed by atoms with Gasteiger partial charge in [-0.05, 0) is 43.9 Å². The summed E-state index contributed by atoms with van der Waals surface area (Å²) in [6, 6.07) is 18.5. The van der Waals surface area contributed by atoms with E-state index in [0.29, 0.717) is 5.92 Å². The van der Waals surface area contributed by atoms with Crippen molar-refractivity contribution in [3.63, 3.8) is 0 Å². The van der Waals surface area contributed by atoms with Crippen LogP contribution in [0.25, 0.3) is 0 Å². The van der Waals surface area contributed by atoms with Gasteiger partial charge in [0.1, 0.15) is 0 Å². The molecule has 0 spiro atoms. The minimum absolute atomic E-state index is 0.517. The Bertz CT molecular complexity index is 831. The average molecular weight is 299 g/mol. The van der Waals surface area contributed by atoms with Gasteiger partial charge in [0.25, 0.3) is 0 Å². The summed E-state index contributed by atoms with van der Waals surface area (Å²) in [5.41, 5.74) is 3.66. The highest BCUT2D eigenvalue weighted by Gasteiger charge is 2.38. The Morgan fingerprint density at radius 2 is 1.83 bits per heavy atom. The van der Waals surface area contributed by atoms with E-state index in [0.717, 1.165) is 29.9 Å². The predicted molar refractivity (Wildman–Crippen MR) is 93.3 cm³/mol. The van der Waals surface area contributed by atoms with Crippen LogP contribution in [0.2, 0.25) is 0 Å². The molecule has 4 rings (SSSR count). The molecule has 1 saturated carbocycles. The van der Waals surface area contributed by atoms with Gasteiger partial charge in [-0.3, -0.25) is 0 Å². The van der Waals surface area contributed by atoms with Crippen molar-refractivity contribution >= 4 is 5.78 Å². The first kappa shape index (κ1) is 14.0. The minimum Gasteiger partial charge on any atom is -0.212 e. The highest BCUT2D eigenvalue weighted by Crippen LogP contribution is 2.35. The van der Waals surface area contributed by atoms with Gasteiger partial charge >= 0.3 is 11.5 Å². The summed E-state index contributed by atoms with van der Waals surface area (Å²) < 4.78 is 6.23. The van der Waals surface area contributed by atoms with Crippen LogP contribution < -0.4 is 0 Å². The number of fused-ring (bicyclic) bond motifs is 2. The number of hydrogen-bond acceptors (Lipinski definition) is 0. The van der Waals surface area contributed by atoms with E-state index in [1.807, 2.05) is 36.4 Å². The number of para-hydroxylation sites is 1. The van der Waals surface area contributed by atoms with Gasteiger partial charge in [0.15, 0.2) is 0 Å². The number of carbonyl (C=O) groups excluding carboxylic acids is 1. The summed E-state index contributed by atoms with van der Waals surface area (Å²) >= 11 is 0. The van der Waals surface area contributed by atoms with Gasteiger partial charge in [0.05, 0.1) is 17.1 Å². The molecule has 0 radical (unpaired) electrons. The van der Waals surface area contributed by atoms with Crippen LogP contribution in [0, 0.1) is 17.8 Å². The fraction of sp³-hybridized carbons (Fsp3) is 0.227. The van der Waals surface area contributed by atoms with Crippen molar-refractivity contribution in [2.45, 2.75) is 25.7 Å². The van der Waals surface area contributed by atoms with Crippen molar-refractivity contribution in [2.24, 2.45) is 5.92 Å². The Kier molecular flexibility index (Phi) is 3.82. The monoisotopic (exact) mass is 299 g/mol. The summed E-state index contributed by atoms with van der Waals surface area (Å²) in [5, 5.41) is 0. The van der Waals surface area contributed by atoms with Crippen LogP contribution in [-0.2, 0) is 10.8 Å². The molecule has 1 aliphatic carbocycles. The maximum atomic E-state index is 6.23. The predicted octanol–water partition coefficient (Wildman–Crippen LogP) is 4.84. The molecule has 1 aliphatic heterocycles. The maximum Gasteiger partial charge on any atom is 0.356 e. The third-order valence-corrected chi connectivity index (χ3v) is 4.58. The summed E-state index contributed by atoms with van der Waals surface area (Å²) in [7, 11) is 0. The number of benzene rings is 2. The smallest absolute Gasteiger partial charge is 0.212 e. The second-order valence-corrected chi connectivity index (χ2v) is 6.17. The summed E-state index contributed by atoms with van der Waals surface area (Å²) in [6.07, 6.45) is 6.65. The van der Waals surface area contributed by atoms with Crippen molar-refractivity contribution < 1.29 is 4.42 Å². The van der Waals surface area contributed by atoms with Crippen molar-refractivity contribution in [2.75, 3.05) is 0 Å². The van der Waals surface area contributed by atoms with Gasteiger partial charge in [-0.15, -0.1) is 0 Å². The molecule has 2 aromatic carbocycles. The molecule has 2 aromatic rings. The lowest BCUT2D eigenvalue weighted by Gasteiger charge is -2.21. The molecule has 0 bridgehead atoms. The Morgan fingerprint density at radius 3 is 2.74 bits per heavy atom. The quantitative estimate of drug-likeness (QED) is 0.375. The molecule has 0 aromatic heterocycles. The molecule has 23 heavy (non-hydrogen) atoms. The Morgan fingerprint density at radius 1 is 1.00 bits per heavy atom. The molecule has 1 fully saturated rings. The lowest BCUT2D eigenvalue weighted by atomic mass is 9.79. The van der Waals surface area contributed by atoms with Gasteiger partial charge < -0.3 is 0 Å². The molecule has 1 unspecified atom stereocenters. The van der Waals surface area contributed by atoms with Crippen LogP contribution in [0.5, 0.6) is 5.75 Å². The van der Waals surface area contributed by atoms with Crippen LogP contribution in [0.4, 0.5) is 0 Å². The first-order valence-electron chi connectivity index (χ1n) is 8.29. The lowest BCUT2D eigenvalue weighted by molar-refractivity contribution is -0.373. The van der Waals surface area contributed by atoms with Gasteiger partial charge in [-0.1, -0.05) is 42.2 Å². The minimum atomic E-state index is 0.517. The highest BCUT2D eigenvalue weighted by molar-refractivity contribution is 5.99. The van der Waals surface area contributed by atoms with Gasteiger partial charge in [0, 0.05) is 17.7 Å². The maximum absolute atomic E-state index is 6.23. The molecule has 1 heteroatoms. The molecule has 0 saturated heterocycles. The van der Waals surface area contributed by atoms with Crippen LogP contribution in [0.15, 0.2) is 66.2 Å². The molecule has 1 atom stereocenters. The van der Waals surface area contributed by atoms with Gasteiger partial charge in [0.2, 0.25) is 0 Å². The Labute approximate surface area is 137 Å². The lowest BCUT2D eigenvalue weighted by Crippen LogP contribution is -2.27. The van der Waals surface area contributed by atoms with E-state index in [2.05, 4.69) is 36.1 Å². The Balaban J connectivity index is 1.66. The molecular weight excluding hydrogens is 280 g/mol. The molecule has 1 nitrogen and oxygen atoms in total. The number of rotatable bonds is 0. The largest absolute Gasteiger partial charge is 0.356 e. The van der Waals surface area contributed by atoms with E-state index >= 15 is 0 Å². The van der Waals surface area contributed by atoms with Crippen molar-refractivity contribution in [3.8, 4) is 17.6 Å². The Hall–Kier alpha value is -2.59. The zero-order chi connectivity index (χ0) is 15.5. The average Bonchev–Trinajstić information content (AvgIpc) is 2.61. The van der Waals surface area contributed by atoms with Crippen molar-refractivity contribution in [1.82, 2.24) is 0 Å². The third-order valence-electron chi connectivity index (χ3n) is 4.58. The topological polar surface area (TPSA) is 11.3 Å². The second kappa shape index (κ2) is 6.26. The molecule has 0 N–H and O–H groups in total. The zero-order valence-electron chi connectivity index (χ0n) is 13.1. The third kappa shape index (κ3) is 2.98. The van der Waals surface area contributed by atoms with E-state index in [-0.39, 0.29) is 0 Å². The highest BCUT2D eigenvalue weighted by atomic mass is 16.4. The van der Waals surface area contributed by atoms with Crippen molar-refractivity contribution in [1.29, 1.82) is 0 Å². The summed E-state index contributed by atoms with van der Waals surface area (Å²) in [4.78, 5) is 0. The molecule has 2 aliphatic rings. The van der Waals surface area contributed by atoms with Gasteiger partial charge in [-0.2, -0.15) is 0 Å². The van der Waals surface area contributed by atoms with Crippen LogP contribution >= 0.6 is 0 Å². The van der Waals surface area contributed by atoms with Crippen molar-refractivity contribution in [3.05, 3.63) is 77.4 Å². The first-order chi connectivity index (χ1) is 11.4. The van der Waals surface area contributed by atoms with E-state index in [1.165, 1.54) is 24.0 Å². The first-order valence-corrected chi connectivity index (χ1v) is 8.29. The molecule has 112 valence electrons. The zero-order valence-corrected chi connectivity index (χ0v) is 13.1. The van der Waals surface area contributed by atoms with Crippen LogP contribution in [0.3, 0.4) is 0 Å². The van der Waals surface area contributed by atoms with E-state index < -0.39 is 0 Å². The van der Waals surface area contributed by atoms with E-state index in [4.69, 9.17) is 4.42 Å². The number of hydrogen-bond donors (Lipinski definition) is 0. The van der Waals surface area contributed by atoms with Crippen LogP contribution in [0.1, 0.15) is 30.4 Å². The molecule has 1 heterocycles. The standard InChI is InChI=1S/C22H19O/c1-2-8-17(9-3-1)10-6-12-18-13-7-14-20-16-19-11-4-5-15-21(19)23-22(18)20/h1-5,8-9,11-12,15,20H,7,13-14,16H2/q+1/b18-12+. The fourth-order valence-electron chi connectivity index (χ4n) is 3.43. The fourth-order valence-corrected chi connectivity index (χ4v) is 3.43. The SMILES string of the molecule is C(#Cc1ccccc1)/C=C1\CCCC2Cc3ccccc3[O+]=C12. The van der Waals surface area contributed by atoms with Gasteiger partial charge in [-0.25, -0.2) is 4.42 Å². The molecule has 0 amide bonds.